The molecule has 0 amide bonds. The molecule has 2 fully saturated rings. The quantitative estimate of drug-likeness (QED) is 0.352. The highest BCUT2D eigenvalue weighted by Gasteiger charge is 2.32. The van der Waals surface area contributed by atoms with E-state index in [2.05, 4.69) is 39.0 Å². The van der Waals surface area contributed by atoms with E-state index in [0.29, 0.717) is 31.3 Å². The molecular formula is C21H33F3IN5O. The summed E-state index contributed by atoms with van der Waals surface area (Å²) in [5.74, 6) is 0.760. The molecule has 1 N–H and O–H groups in total. The highest BCUT2D eigenvalue weighted by molar-refractivity contribution is 14.0. The maximum Gasteiger partial charge on any atom is 0.416 e. The van der Waals surface area contributed by atoms with Crippen LogP contribution in [0.3, 0.4) is 0 Å². The maximum atomic E-state index is 13.1. The summed E-state index contributed by atoms with van der Waals surface area (Å²) in [7, 11) is 3.87. The Morgan fingerprint density at radius 2 is 1.94 bits per heavy atom. The second-order valence-corrected chi connectivity index (χ2v) is 8.05. The number of guanidine groups is 1. The van der Waals surface area contributed by atoms with Crippen LogP contribution in [0.5, 0.6) is 0 Å². The van der Waals surface area contributed by atoms with Gasteiger partial charge in [-0.15, -0.1) is 24.0 Å². The lowest BCUT2D eigenvalue weighted by Gasteiger charge is -2.38. The molecule has 176 valence electrons. The smallest absolute Gasteiger partial charge is 0.370 e. The number of morpholine rings is 1. The molecule has 6 nitrogen and oxygen atoms in total. The van der Waals surface area contributed by atoms with E-state index in [9.17, 15) is 13.2 Å². The maximum absolute atomic E-state index is 13.1. The minimum atomic E-state index is -4.36. The lowest BCUT2D eigenvalue weighted by atomic mass is 10.0. The summed E-state index contributed by atoms with van der Waals surface area (Å²) in [6.45, 7) is 8.76. The first-order valence-corrected chi connectivity index (χ1v) is 10.4. The molecule has 31 heavy (non-hydrogen) atoms. The zero-order valence-corrected chi connectivity index (χ0v) is 20.7. The molecule has 0 bridgehead atoms. The molecule has 2 unspecified atom stereocenters. The van der Waals surface area contributed by atoms with Gasteiger partial charge in [-0.25, -0.2) is 0 Å². The predicted molar refractivity (Wildman–Crippen MR) is 127 cm³/mol. The van der Waals surface area contributed by atoms with Crippen molar-refractivity contribution < 1.29 is 17.9 Å². The summed E-state index contributed by atoms with van der Waals surface area (Å²) in [6, 6.07) is 5.76. The average Bonchev–Trinajstić information content (AvgIpc) is 2.74. The summed E-state index contributed by atoms with van der Waals surface area (Å²) in [5.41, 5.74) is -0.111. The molecule has 10 heteroatoms. The molecule has 0 aromatic heterocycles. The zero-order chi connectivity index (χ0) is 21.7. The lowest BCUT2D eigenvalue weighted by molar-refractivity contribution is -0.137. The van der Waals surface area contributed by atoms with Crippen molar-refractivity contribution in [2.24, 2.45) is 4.99 Å². The van der Waals surface area contributed by atoms with Gasteiger partial charge in [0, 0.05) is 52.4 Å². The van der Waals surface area contributed by atoms with Gasteiger partial charge in [0.05, 0.1) is 18.7 Å². The van der Waals surface area contributed by atoms with Gasteiger partial charge in [0.25, 0.3) is 0 Å². The molecular weight excluding hydrogens is 522 g/mol. The molecule has 0 radical (unpaired) electrons. The second kappa shape index (κ2) is 11.7. The van der Waals surface area contributed by atoms with Crippen molar-refractivity contribution in [3.05, 3.63) is 35.4 Å². The zero-order valence-electron chi connectivity index (χ0n) is 18.4. The normalized spacial score (nSPS) is 22.7. The van der Waals surface area contributed by atoms with Gasteiger partial charge in [0.1, 0.15) is 6.10 Å². The van der Waals surface area contributed by atoms with E-state index >= 15 is 0 Å². The Balaban J connectivity index is 0.00000341. The number of halogens is 4. The third-order valence-corrected chi connectivity index (χ3v) is 5.88. The summed E-state index contributed by atoms with van der Waals surface area (Å²) in [5, 5.41) is 3.44. The van der Waals surface area contributed by atoms with Crippen LogP contribution >= 0.6 is 24.0 Å². The molecule has 2 aliphatic heterocycles. The van der Waals surface area contributed by atoms with Gasteiger partial charge in [-0.05, 0) is 31.7 Å². The Labute approximate surface area is 199 Å². The van der Waals surface area contributed by atoms with Crippen LogP contribution in [0.4, 0.5) is 13.2 Å². The highest BCUT2D eigenvalue weighted by Crippen LogP contribution is 2.32. The van der Waals surface area contributed by atoms with E-state index in [4.69, 9.17) is 4.74 Å². The van der Waals surface area contributed by atoms with Gasteiger partial charge in [-0.3, -0.25) is 9.89 Å². The minimum Gasteiger partial charge on any atom is -0.370 e. The first kappa shape index (κ1) is 26.1. The molecule has 2 atom stereocenters. The average molecular weight is 555 g/mol. The number of hydrogen-bond donors (Lipinski definition) is 1. The van der Waals surface area contributed by atoms with Crippen molar-refractivity contribution in [2.45, 2.75) is 25.2 Å². The number of aliphatic imine (C=N–C) groups is 1. The SMILES string of the molecule is CN=C(NCC(C)N1CCN(C)CC1)N1CCOC(c2cccc(C(F)(F)F)c2)C1.I. The topological polar surface area (TPSA) is 43.3 Å². The molecule has 2 aliphatic rings. The number of piperazine rings is 1. The Bertz CT molecular complexity index is 725. The summed E-state index contributed by atoms with van der Waals surface area (Å²) in [4.78, 5) is 11.2. The van der Waals surface area contributed by atoms with Crippen LogP contribution in [0, 0.1) is 0 Å². The van der Waals surface area contributed by atoms with Crippen molar-refractivity contribution in [1.29, 1.82) is 0 Å². The standard InChI is InChI=1S/C21H32F3N5O.HI/c1-16(28-9-7-27(3)8-10-28)14-26-20(25-2)29-11-12-30-19(15-29)17-5-4-6-18(13-17)21(22,23)24;/h4-6,13,16,19H,7-12,14-15H2,1-3H3,(H,25,26);1H. The van der Waals surface area contributed by atoms with Crippen LogP contribution in [0.15, 0.2) is 29.3 Å². The van der Waals surface area contributed by atoms with Gasteiger partial charge >= 0.3 is 6.18 Å². The highest BCUT2D eigenvalue weighted by atomic mass is 127. The fourth-order valence-corrected chi connectivity index (χ4v) is 3.92. The Morgan fingerprint density at radius 1 is 1.23 bits per heavy atom. The molecule has 0 aliphatic carbocycles. The van der Waals surface area contributed by atoms with E-state index in [1.807, 2.05) is 0 Å². The van der Waals surface area contributed by atoms with Gasteiger partial charge in [0.2, 0.25) is 0 Å². The number of ether oxygens (including phenoxy) is 1. The van der Waals surface area contributed by atoms with Crippen molar-refractivity contribution in [3.63, 3.8) is 0 Å². The third kappa shape index (κ3) is 7.19. The third-order valence-electron chi connectivity index (χ3n) is 5.88. The summed E-state index contributed by atoms with van der Waals surface area (Å²) >= 11 is 0. The second-order valence-electron chi connectivity index (χ2n) is 8.05. The fourth-order valence-electron chi connectivity index (χ4n) is 3.92. The van der Waals surface area contributed by atoms with Crippen LogP contribution < -0.4 is 5.32 Å². The van der Waals surface area contributed by atoms with Crippen LogP contribution in [-0.4, -0.2) is 93.2 Å². The first-order chi connectivity index (χ1) is 14.3. The van der Waals surface area contributed by atoms with E-state index in [1.54, 1.807) is 13.1 Å². The van der Waals surface area contributed by atoms with Crippen LogP contribution in [-0.2, 0) is 10.9 Å². The molecule has 2 heterocycles. The number of rotatable bonds is 4. The van der Waals surface area contributed by atoms with E-state index < -0.39 is 17.8 Å². The van der Waals surface area contributed by atoms with Crippen LogP contribution in [0.1, 0.15) is 24.2 Å². The van der Waals surface area contributed by atoms with Crippen molar-refractivity contribution in [2.75, 3.05) is 66.5 Å². The van der Waals surface area contributed by atoms with Crippen LogP contribution in [0.2, 0.25) is 0 Å². The van der Waals surface area contributed by atoms with Crippen molar-refractivity contribution >= 4 is 29.9 Å². The molecule has 1 aromatic carbocycles. The Kier molecular flexibility index (Phi) is 9.84. The number of hydrogen-bond acceptors (Lipinski definition) is 4. The number of nitrogens with one attached hydrogen (secondary N) is 1. The Morgan fingerprint density at radius 3 is 2.58 bits per heavy atom. The largest absolute Gasteiger partial charge is 0.416 e. The minimum absolute atomic E-state index is 0. The number of likely N-dealkylation sites (N-methyl/N-ethyl adjacent to an activating group) is 1. The number of alkyl halides is 3. The van der Waals surface area contributed by atoms with Crippen molar-refractivity contribution in [1.82, 2.24) is 20.0 Å². The molecule has 3 rings (SSSR count). The van der Waals surface area contributed by atoms with Crippen molar-refractivity contribution in [3.8, 4) is 0 Å². The van der Waals surface area contributed by atoms with E-state index in [1.165, 1.54) is 12.1 Å². The first-order valence-electron chi connectivity index (χ1n) is 10.4. The summed E-state index contributed by atoms with van der Waals surface area (Å²) in [6.07, 6.45) is -4.78. The van der Waals surface area contributed by atoms with E-state index in [-0.39, 0.29) is 24.0 Å². The van der Waals surface area contributed by atoms with Crippen LogP contribution in [0.25, 0.3) is 0 Å². The summed E-state index contributed by atoms with van der Waals surface area (Å²) < 4.78 is 45.0. The number of nitrogens with zero attached hydrogens (tertiary/aromatic N) is 4. The predicted octanol–water partition coefficient (Wildman–Crippen LogP) is 2.91. The molecule has 0 saturated carbocycles. The monoisotopic (exact) mass is 555 g/mol. The van der Waals surface area contributed by atoms with Gasteiger partial charge in [-0.2, -0.15) is 13.2 Å². The van der Waals surface area contributed by atoms with Gasteiger partial charge < -0.3 is 19.9 Å². The Hall–Kier alpha value is -1.11. The van der Waals surface area contributed by atoms with Gasteiger partial charge in [-0.1, -0.05) is 12.1 Å². The van der Waals surface area contributed by atoms with E-state index in [0.717, 1.165) is 44.7 Å². The number of benzene rings is 1. The van der Waals surface area contributed by atoms with Gasteiger partial charge in [0.15, 0.2) is 5.96 Å². The fraction of sp³-hybridized carbons (Fsp3) is 0.667. The molecule has 1 aromatic rings. The molecule has 0 spiro atoms. The lowest BCUT2D eigenvalue weighted by Crippen LogP contribution is -2.54. The molecule has 2 saturated heterocycles.